The number of piperidine rings is 1. The van der Waals surface area contributed by atoms with Crippen molar-refractivity contribution in [2.24, 2.45) is 0 Å². The van der Waals surface area contributed by atoms with Crippen LogP contribution >= 0.6 is 0 Å². The molecule has 0 aromatic rings. The van der Waals surface area contributed by atoms with Crippen molar-refractivity contribution in [1.82, 2.24) is 5.32 Å². The normalized spacial score (nSPS) is 46.4. The third-order valence-corrected chi connectivity index (χ3v) is 2.86. The minimum absolute atomic E-state index is 0.0481. The molecule has 1 rings (SSSR count). The number of hydrogen-bond acceptors (Lipinski definition) is 4. The van der Waals surface area contributed by atoms with E-state index < -0.39 is 11.7 Å². The van der Waals surface area contributed by atoms with Crippen LogP contribution in [0.2, 0.25) is 0 Å². The first-order chi connectivity index (χ1) is 6.01. The Morgan fingerprint density at radius 3 is 2.62 bits per heavy atom. The van der Waals surface area contributed by atoms with Crippen LogP contribution in [0.15, 0.2) is 0 Å². The van der Waals surface area contributed by atoms with Gasteiger partial charge < -0.3 is 20.6 Å². The summed E-state index contributed by atoms with van der Waals surface area (Å²) in [6.07, 6.45) is 0.447. The summed E-state index contributed by atoms with van der Waals surface area (Å²) in [6, 6.07) is -0.349. The van der Waals surface area contributed by atoms with Crippen LogP contribution in [-0.4, -0.2) is 45.7 Å². The highest BCUT2D eigenvalue weighted by molar-refractivity contribution is 4.98. The average Bonchev–Trinajstić information content (AvgIpc) is 2.03. The van der Waals surface area contributed by atoms with Gasteiger partial charge in [0, 0.05) is 12.5 Å². The second-order valence-electron chi connectivity index (χ2n) is 4.05. The molecule has 0 aromatic heterocycles. The molecule has 1 heterocycles. The SMILES string of the molecule is CC[C@H]1N[C@@H](CO)[C@@H](O)C[C@]1(C)O. The Kier molecular flexibility index (Phi) is 3.29. The van der Waals surface area contributed by atoms with E-state index in [0.29, 0.717) is 6.42 Å². The lowest BCUT2D eigenvalue weighted by atomic mass is 9.82. The molecule has 1 aliphatic rings. The minimum atomic E-state index is -0.875. The Balaban J connectivity index is 2.66. The van der Waals surface area contributed by atoms with Crippen molar-refractivity contribution in [2.75, 3.05) is 6.61 Å². The fraction of sp³-hybridized carbons (Fsp3) is 1.00. The number of rotatable bonds is 2. The summed E-state index contributed by atoms with van der Waals surface area (Å²) in [7, 11) is 0. The predicted molar refractivity (Wildman–Crippen MR) is 49.3 cm³/mol. The van der Waals surface area contributed by atoms with Gasteiger partial charge in [-0.1, -0.05) is 6.92 Å². The van der Waals surface area contributed by atoms with Crippen LogP contribution in [0.1, 0.15) is 26.7 Å². The molecule has 1 aliphatic heterocycles. The number of nitrogens with one attached hydrogen (secondary N) is 1. The standard InChI is InChI=1S/C9H19NO3/c1-3-8-9(2,13)4-7(12)6(5-11)10-8/h6-8,10-13H,3-5H2,1-2H3/t6-,7-,8+,9-/m0/s1. The second-order valence-corrected chi connectivity index (χ2v) is 4.05. The van der Waals surface area contributed by atoms with E-state index in [1.807, 2.05) is 6.92 Å². The number of aliphatic hydroxyl groups excluding tert-OH is 2. The Morgan fingerprint density at radius 1 is 1.54 bits per heavy atom. The van der Waals surface area contributed by atoms with Crippen LogP contribution in [0, 0.1) is 0 Å². The van der Waals surface area contributed by atoms with Crippen molar-refractivity contribution in [3.05, 3.63) is 0 Å². The summed E-state index contributed by atoms with van der Waals surface area (Å²) in [6.45, 7) is 3.59. The van der Waals surface area contributed by atoms with Gasteiger partial charge in [0.2, 0.25) is 0 Å². The summed E-state index contributed by atoms with van der Waals surface area (Å²) in [4.78, 5) is 0. The van der Waals surface area contributed by atoms with Gasteiger partial charge in [0.05, 0.1) is 24.4 Å². The molecule has 0 spiro atoms. The van der Waals surface area contributed by atoms with Gasteiger partial charge >= 0.3 is 0 Å². The van der Waals surface area contributed by atoms with Gasteiger partial charge in [-0.05, 0) is 13.3 Å². The zero-order chi connectivity index (χ0) is 10.1. The third-order valence-electron chi connectivity index (χ3n) is 2.86. The highest BCUT2D eigenvalue weighted by Crippen LogP contribution is 2.26. The Morgan fingerprint density at radius 2 is 2.15 bits per heavy atom. The molecule has 13 heavy (non-hydrogen) atoms. The molecule has 4 heteroatoms. The average molecular weight is 189 g/mol. The molecule has 0 aliphatic carbocycles. The fourth-order valence-corrected chi connectivity index (χ4v) is 1.99. The van der Waals surface area contributed by atoms with Gasteiger partial charge in [0.15, 0.2) is 0 Å². The lowest BCUT2D eigenvalue weighted by molar-refractivity contribution is -0.0794. The van der Waals surface area contributed by atoms with Crippen LogP contribution in [0.25, 0.3) is 0 Å². The summed E-state index contributed by atoms with van der Waals surface area (Å²) in [5.74, 6) is 0. The highest BCUT2D eigenvalue weighted by atomic mass is 16.3. The van der Waals surface area contributed by atoms with Crippen LogP contribution in [-0.2, 0) is 0 Å². The molecule has 4 atom stereocenters. The quantitative estimate of drug-likeness (QED) is 0.460. The molecular weight excluding hydrogens is 170 g/mol. The van der Waals surface area contributed by atoms with Crippen molar-refractivity contribution in [2.45, 2.75) is 50.5 Å². The van der Waals surface area contributed by atoms with Gasteiger partial charge in [-0.2, -0.15) is 0 Å². The molecule has 1 saturated heterocycles. The van der Waals surface area contributed by atoms with Gasteiger partial charge in [-0.3, -0.25) is 0 Å². The number of aliphatic hydroxyl groups is 3. The third kappa shape index (κ3) is 2.20. The molecule has 4 N–H and O–H groups in total. The van der Waals surface area contributed by atoms with Crippen molar-refractivity contribution >= 4 is 0 Å². The van der Waals surface area contributed by atoms with Crippen molar-refractivity contribution < 1.29 is 15.3 Å². The van der Waals surface area contributed by atoms with Gasteiger partial charge in [0.1, 0.15) is 0 Å². The first-order valence-corrected chi connectivity index (χ1v) is 4.78. The topological polar surface area (TPSA) is 72.7 Å². The van der Waals surface area contributed by atoms with E-state index in [4.69, 9.17) is 5.11 Å². The van der Waals surface area contributed by atoms with E-state index in [2.05, 4.69) is 5.32 Å². The van der Waals surface area contributed by atoms with E-state index in [1.165, 1.54) is 0 Å². The zero-order valence-corrected chi connectivity index (χ0v) is 8.20. The lowest BCUT2D eigenvalue weighted by Crippen LogP contribution is -2.63. The molecule has 0 aromatic carbocycles. The molecule has 78 valence electrons. The fourth-order valence-electron chi connectivity index (χ4n) is 1.99. The van der Waals surface area contributed by atoms with E-state index in [1.54, 1.807) is 6.92 Å². The molecule has 0 unspecified atom stereocenters. The van der Waals surface area contributed by atoms with Crippen LogP contribution < -0.4 is 5.32 Å². The Hall–Kier alpha value is -0.160. The van der Waals surface area contributed by atoms with E-state index in [-0.39, 0.29) is 18.7 Å². The van der Waals surface area contributed by atoms with E-state index in [9.17, 15) is 10.2 Å². The summed E-state index contributed by atoms with van der Waals surface area (Å²) >= 11 is 0. The molecule has 0 saturated carbocycles. The van der Waals surface area contributed by atoms with Gasteiger partial charge in [0.25, 0.3) is 0 Å². The maximum absolute atomic E-state index is 9.91. The van der Waals surface area contributed by atoms with Gasteiger partial charge in [-0.25, -0.2) is 0 Å². The summed E-state index contributed by atoms with van der Waals surface area (Å²) < 4.78 is 0. The van der Waals surface area contributed by atoms with E-state index >= 15 is 0 Å². The smallest absolute Gasteiger partial charge is 0.0797 e. The molecule has 0 bridgehead atoms. The second kappa shape index (κ2) is 3.92. The Labute approximate surface area is 78.6 Å². The van der Waals surface area contributed by atoms with Crippen molar-refractivity contribution in [1.29, 1.82) is 0 Å². The molecular formula is C9H19NO3. The first kappa shape index (κ1) is 10.9. The van der Waals surface area contributed by atoms with Crippen molar-refractivity contribution in [3.8, 4) is 0 Å². The molecule has 1 fully saturated rings. The number of hydrogen-bond donors (Lipinski definition) is 4. The lowest BCUT2D eigenvalue weighted by Gasteiger charge is -2.43. The molecule has 4 nitrogen and oxygen atoms in total. The maximum Gasteiger partial charge on any atom is 0.0797 e. The van der Waals surface area contributed by atoms with Crippen LogP contribution in [0.5, 0.6) is 0 Å². The first-order valence-electron chi connectivity index (χ1n) is 4.78. The van der Waals surface area contributed by atoms with Gasteiger partial charge in [-0.15, -0.1) is 0 Å². The Bertz CT molecular complexity index is 172. The summed E-state index contributed by atoms with van der Waals surface area (Å²) in [5, 5.41) is 31.4. The maximum atomic E-state index is 9.91. The monoisotopic (exact) mass is 189 g/mol. The predicted octanol–water partition coefficient (Wildman–Crippen LogP) is -0.769. The molecule has 0 amide bonds. The van der Waals surface area contributed by atoms with Crippen LogP contribution in [0.4, 0.5) is 0 Å². The largest absolute Gasteiger partial charge is 0.395 e. The minimum Gasteiger partial charge on any atom is -0.395 e. The van der Waals surface area contributed by atoms with Crippen molar-refractivity contribution in [3.63, 3.8) is 0 Å². The van der Waals surface area contributed by atoms with E-state index in [0.717, 1.165) is 6.42 Å². The van der Waals surface area contributed by atoms with Crippen LogP contribution in [0.3, 0.4) is 0 Å². The highest BCUT2D eigenvalue weighted by Gasteiger charge is 2.41. The zero-order valence-electron chi connectivity index (χ0n) is 8.20. The molecule has 0 radical (unpaired) electrons. The summed E-state index contributed by atoms with van der Waals surface area (Å²) in [5.41, 5.74) is -0.875.